The quantitative estimate of drug-likeness (QED) is 0.425. The molecule has 1 spiro atoms. The van der Waals surface area contributed by atoms with Gasteiger partial charge in [-0.1, -0.05) is 6.42 Å². The fourth-order valence-corrected chi connectivity index (χ4v) is 3.83. The summed E-state index contributed by atoms with van der Waals surface area (Å²) in [5, 5.41) is 11.1. The third-order valence-corrected chi connectivity index (χ3v) is 5.15. The van der Waals surface area contributed by atoms with Gasteiger partial charge in [0.1, 0.15) is 5.66 Å². The first-order chi connectivity index (χ1) is 10.9. The number of nitro benzene ring substituents is 1. The van der Waals surface area contributed by atoms with Crippen LogP contribution in [0.1, 0.15) is 32.1 Å². The van der Waals surface area contributed by atoms with Crippen LogP contribution in [-0.4, -0.2) is 22.5 Å². The summed E-state index contributed by atoms with van der Waals surface area (Å²) in [5.41, 5.74) is 12.1. The SMILES string of the molecule is NC1=NC2(CCCCC2)N(c2cc([N+](=O)[O-])ccc2I)C(N)=N1. The Kier molecular flexibility index (Phi) is 4.13. The van der Waals surface area contributed by atoms with Crippen LogP contribution in [0.5, 0.6) is 0 Å². The maximum atomic E-state index is 11.1. The molecular weight excluding hydrogens is 411 g/mol. The van der Waals surface area contributed by atoms with E-state index in [0.29, 0.717) is 5.69 Å². The molecule has 2 aliphatic rings. The average Bonchev–Trinajstić information content (AvgIpc) is 2.48. The van der Waals surface area contributed by atoms with Crippen molar-refractivity contribution in [2.24, 2.45) is 21.5 Å². The standard InChI is InChI=1S/C14H17IN6O2/c15-10-5-4-9(21(22)23)8-11(10)20-13(17)18-12(16)19-14(20)6-2-1-3-7-14/h4-5,8H,1-3,6-7H2,(H4,16,17,18,19). The van der Waals surface area contributed by atoms with Crippen LogP contribution >= 0.6 is 22.6 Å². The molecule has 1 aromatic rings. The van der Waals surface area contributed by atoms with E-state index in [0.717, 1.165) is 35.7 Å². The van der Waals surface area contributed by atoms with Crippen molar-refractivity contribution in [2.45, 2.75) is 37.8 Å². The molecule has 4 N–H and O–H groups in total. The Morgan fingerprint density at radius 2 is 1.96 bits per heavy atom. The average molecular weight is 428 g/mol. The normalized spacial score (nSPS) is 20.1. The maximum absolute atomic E-state index is 11.1. The summed E-state index contributed by atoms with van der Waals surface area (Å²) in [6.45, 7) is 0. The first-order valence-electron chi connectivity index (χ1n) is 7.37. The van der Waals surface area contributed by atoms with E-state index < -0.39 is 10.6 Å². The first-order valence-corrected chi connectivity index (χ1v) is 8.44. The van der Waals surface area contributed by atoms with Gasteiger partial charge in [-0.15, -0.1) is 0 Å². The topological polar surface area (TPSA) is 123 Å². The van der Waals surface area contributed by atoms with Crippen LogP contribution in [0, 0.1) is 13.7 Å². The summed E-state index contributed by atoms with van der Waals surface area (Å²) >= 11 is 2.14. The summed E-state index contributed by atoms with van der Waals surface area (Å²) < 4.78 is 0.854. The largest absolute Gasteiger partial charge is 0.369 e. The second-order valence-corrected chi connectivity index (χ2v) is 6.87. The van der Waals surface area contributed by atoms with Crippen molar-refractivity contribution in [3.8, 4) is 0 Å². The van der Waals surface area contributed by atoms with E-state index in [4.69, 9.17) is 11.5 Å². The minimum atomic E-state index is -0.594. The summed E-state index contributed by atoms with van der Waals surface area (Å²) in [6, 6.07) is 4.71. The van der Waals surface area contributed by atoms with Gasteiger partial charge in [0.15, 0.2) is 0 Å². The molecule has 8 nitrogen and oxygen atoms in total. The van der Waals surface area contributed by atoms with E-state index >= 15 is 0 Å². The molecule has 122 valence electrons. The smallest absolute Gasteiger partial charge is 0.271 e. The molecular formula is C14H17IN6O2. The molecule has 9 heteroatoms. The summed E-state index contributed by atoms with van der Waals surface area (Å²) in [6.07, 6.45) is 4.73. The third-order valence-electron chi connectivity index (χ3n) is 4.23. The molecule has 0 atom stereocenters. The lowest BCUT2D eigenvalue weighted by atomic mass is 9.87. The molecule has 0 saturated heterocycles. The number of hydrogen-bond acceptors (Lipinski definition) is 7. The number of non-ortho nitro benzene ring substituents is 1. The fraction of sp³-hybridized carbons (Fsp3) is 0.429. The van der Waals surface area contributed by atoms with E-state index in [-0.39, 0.29) is 17.6 Å². The minimum absolute atomic E-state index is 0.0155. The molecule has 0 bridgehead atoms. The van der Waals surface area contributed by atoms with Gasteiger partial charge in [-0.3, -0.25) is 15.0 Å². The molecule has 23 heavy (non-hydrogen) atoms. The minimum Gasteiger partial charge on any atom is -0.369 e. The maximum Gasteiger partial charge on any atom is 0.271 e. The number of nitro groups is 1. The van der Waals surface area contributed by atoms with Gasteiger partial charge in [0.2, 0.25) is 11.9 Å². The van der Waals surface area contributed by atoms with E-state index in [1.165, 1.54) is 12.1 Å². The highest BCUT2D eigenvalue weighted by atomic mass is 127. The Morgan fingerprint density at radius 1 is 1.26 bits per heavy atom. The summed E-state index contributed by atoms with van der Waals surface area (Å²) in [5.74, 6) is 0.402. The number of rotatable bonds is 2. The third kappa shape index (κ3) is 2.84. The van der Waals surface area contributed by atoms with Crippen molar-refractivity contribution in [2.75, 3.05) is 4.90 Å². The van der Waals surface area contributed by atoms with Crippen molar-refractivity contribution in [3.63, 3.8) is 0 Å². The Morgan fingerprint density at radius 3 is 2.61 bits per heavy atom. The molecule has 0 unspecified atom stereocenters. The molecule has 0 amide bonds. The molecule has 1 saturated carbocycles. The number of anilines is 1. The van der Waals surface area contributed by atoms with Crippen molar-refractivity contribution in [3.05, 3.63) is 31.9 Å². The molecule has 3 rings (SSSR count). The molecule has 1 aliphatic carbocycles. The van der Waals surface area contributed by atoms with E-state index in [9.17, 15) is 10.1 Å². The molecule has 1 aliphatic heterocycles. The van der Waals surface area contributed by atoms with Crippen molar-refractivity contribution in [1.29, 1.82) is 0 Å². The number of nitrogens with zero attached hydrogens (tertiary/aromatic N) is 4. The van der Waals surface area contributed by atoms with Crippen molar-refractivity contribution < 1.29 is 4.92 Å². The van der Waals surface area contributed by atoms with Gasteiger partial charge in [0.05, 0.1) is 10.6 Å². The van der Waals surface area contributed by atoms with Crippen LogP contribution in [0.15, 0.2) is 28.2 Å². The van der Waals surface area contributed by atoms with Crippen LogP contribution in [0.4, 0.5) is 11.4 Å². The highest BCUT2D eigenvalue weighted by Crippen LogP contribution is 2.41. The van der Waals surface area contributed by atoms with Gasteiger partial charge >= 0.3 is 0 Å². The Balaban J connectivity index is 2.14. The van der Waals surface area contributed by atoms with Crippen molar-refractivity contribution >= 4 is 45.9 Å². The Bertz CT molecular complexity index is 711. The first kappa shape index (κ1) is 16.0. The second kappa shape index (κ2) is 5.95. The van der Waals surface area contributed by atoms with Crippen LogP contribution < -0.4 is 16.4 Å². The van der Waals surface area contributed by atoms with Gasteiger partial charge in [0.25, 0.3) is 5.69 Å². The summed E-state index contributed by atoms with van der Waals surface area (Å²) in [7, 11) is 0. The van der Waals surface area contributed by atoms with Crippen molar-refractivity contribution in [1.82, 2.24) is 0 Å². The number of hydrogen-bond donors (Lipinski definition) is 2. The molecule has 1 heterocycles. The fourth-order valence-electron chi connectivity index (χ4n) is 3.26. The number of nitrogens with two attached hydrogens (primary N) is 2. The molecule has 1 aromatic carbocycles. The number of halogens is 1. The lowest BCUT2D eigenvalue weighted by molar-refractivity contribution is -0.384. The van der Waals surface area contributed by atoms with Crippen LogP contribution in [0.2, 0.25) is 0 Å². The van der Waals surface area contributed by atoms with Crippen LogP contribution in [0.25, 0.3) is 0 Å². The van der Waals surface area contributed by atoms with E-state index in [1.807, 2.05) is 4.90 Å². The monoisotopic (exact) mass is 428 g/mol. The lowest BCUT2D eigenvalue weighted by Gasteiger charge is -2.45. The number of benzene rings is 1. The van der Waals surface area contributed by atoms with Crippen LogP contribution in [0.3, 0.4) is 0 Å². The molecule has 0 radical (unpaired) electrons. The number of guanidine groups is 2. The highest BCUT2D eigenvalue weighted by Gasteiger charge is 2.43. The Labute approximate surface area is 146 Å². The lowest BCUT2D eigenvalue weighted by Crippen LogP contribution is -2.58. The van der Waals surface area contributed by atoms with Crippen LogP contribution in [-0.2, 0) is 0 Å². The van der Waals surface area contributed by atoms with E-state index in [1.54, 1.807) is 6.07 Å². The predicted octanol–water partition coefficient (Wildman–Crippen LogP) is 2.31. The zero-order valence-corrected chi connectivity index (χ0v) is 14.6. The van der Waals surface area contributed by atoms with Gasteiger partial charge in [-0.2, -0.15) is 4.99 Å². The van der Waals surface area contributed by atoms with Gasteiger partial charge in [0, 0.05) is 15.7 Å². The second-order valence-electron chi connectivity index (χ2n) is 5.71. The summed E-state index contributed by atoms with van der Waals surface area (Å²) in [4.78, 5) is 21.2. The van der Waals surface area contributed by atoms with Gasteiger partial charge < -0.3 is 11.5 Å². The Hall–Kier alpha value is -1.91. The molecule has 0 aromatic heterocycles. The highest BCUT2D eigenvalue weighted by molar-refractivity contribution is 14.1. The zero-order chi connectivity index (χ0) is 16.6. The van der Waals surface area contributed by atoms with E-state index in [2.05, 4.69) is 32.6 Å². The van der Waals surface area contributed by atoms with Gasteiger partial charge in [-0.05, 0) is 54.3 Å². The zero-order valence-electron chi connectivity index (χ0n) is 12.4. The molecule has 1 fully saturated rings. The predicted molar refractivity (Wildman–Crippen MR) is 97.4 cm³/mol. The van der Waals surface area contributed by atoms with Gasteiger partial charge in [-0.25, -0.2) is 4.99 Å². The number of aliphatic imine (C=N–C) groups is 2.